The third-order valence-electron chi connectivity index (χ3n) is 6.11. The van der Waals surface area contributed by atoms with Crippen LogP contribution in [0.2, 0.25) is 5.02 Å². The first kappa shape index (κ1) is 17.7. The van der Waals surface area contributed by atoms with E-state index >= 15 is 0 Å². The van der Waals surface area contributed by atoms with Crippen LogP contribution >= 0.6 is 11.6 Å². The molecule has 0 radical (unpaired) electrons. The summed E-state index contributed by atoms with van der Waals surface area (Å²) in [7, 11) is 0. The summed E-state index contributed by atoms with van der Waals surface area (Å²) in [5.74, 6) is -0.957. The zero-order valence-electron chi connectivity index (χ0n) is 14.4. The number of ether oxygens (including phenoxy) is 1. The largest absolute Gasteiger partial charge is 0.490 e. The minimum Gasteiger partial charge on any atom is -0.490 e. The topological polar surface area (TPSA) is 29.5 Å². The quantitative estimate of drug-likeness (QED) is 0.823. The Morgan fingerprint density at radius 3 is 2.58 bits per heavy atom. The summed E-state index contributed by atoms with van der Waals surface area (Å²) >= 11 is 6.00. The van der Waals surface area contributed by atoms with E-state index in [2.05, 4.69) is 0 Å². The predicted molar refractivity (Wildman–Crippen MR) is 96.6 cm³/mol. The van der Waals surface area contributed by atoms with Gasteiger partial charge in [0.1, 0.15) is 5.82 Å². The van der Waals surface area contributed by atoms with Gasteiger partial charge in [0.15, 0.2) is 11.6 Å². The Labute approximate surface area is 156 Å². The van der Waals surface area contributed by atoms with Gasteiger partial charge < -0.3 is 9.84 Å². The van der Waals surface area contributed by atoms with E-state index in [1.807, 2.05) is 24.3 Å². The van der Waals surface area contributed by atoms with Gasteiger partial charge in [-0.1, -0.05) is 30.2 Å². The van der Waals surface area contributed by atoms with Crippen LogP contribution < -0.4 is 4.74 Å². The summed E-state index contributed by atoms with van der Waals surface area (Å²) in [5.41, 5.74) is 0.774. The number of aliphatic hydroxyl groups is 1. The summed E-state index contributed by atoms with van der Waals surface area (Å²) in [5, 5.41) is 10.5. The van der Waals surface area contributed by atoms with Crippen LogP contribution in [0.3, 0.4) is 0 Å². The highest BCUT2D eigenvalue weighted by Gasteiger charge is 2.52. The molecule has 1 aliphatic heterocycles. The highest BCUT2D eigenvalue weighted by atomic mass is 35.5. The van der Waals surface area contributed by atoms with Crippen LogP contribution in [0.4, 0.5) is 8.78 Å². The molecular formula is C21H21ClF2O2. The zero-order chi connectivity index (χ0) is 18.3. The Bertz CT molecular complexity index is 808. The SMILES string of the molecule is OC[C@H]1CCC[C@]2(Cc3ccc(Cl)cc3)c3c(F)ccc(F)c3OC[C@H]12. The molecule has 0 spiro atoms. The fourth-order valence-corrected chi connectivity index (χ4v) is 5.05. The van der Waals surface area contributed by atoms with Gasteiger partial charge in [-0.15, -0.1) is 0 Å². The molecule has 2 aromatic carbocycles. The van der Waals surface area contributed by atoms with Crippen molar-refractivity contribution in [3.05, 3.63) is 64.2 Å². The first-order valence-corrected chi connectivity index (χ1v) is 9.39. The molecule has 0 saturated heterocycles. The first-order valence-electron chi connectivity index (χ1n) is 9.02. The van der Waals surface area contributed by atoms with Crippen LogP contribution in [0.5, 0.6) is 5.75 Å². The van der Waals surface area contributed by atoms with Crippen LogP contribution in [0.1, 0.15) is 30.4 Å². The third kappa shape index (κ3) is 2.80. The highest BCUT2D eigenvalue weighted by Crippen LogP contribution is 2.55. The average molecular weight is 379 g/mol. The molecule has 0 unspecified atom stereocenters. The number of halogens is 3. The molecule has 0 aromatic heterocycles. The second kappa shape index (κ2) is 6.82. The first-order chi connectivity index (χ1) is 12.5. The molecule has 1 saturated carbocycles. The van der Waals surface area contributed by atoms with Gasteiger partial charge in [0, 0.05) is 28.5 Å². The van der Waals surface area contributed by atoms with Crippen molar-refractivity contribution in [2.24, 2.45) is 11.8 Å². The van der Waals surface area contributed by atoms with Crippen molar-refractivity contribution < 1.29 is 18.6 Å². The summed E-state index contributed by atoms with van der Waals surface area (Å²) in [6.07, 6.45) is 3.06. The van der Waals surface area contributed by atoms with Gasteiger partial charge in [0.25, 0.3) is 0 Å². The molecule has 1 N–H and O–H groups in total. The molecule has 138 valence electrons. The summed E-state index contributed by atoms with van der Waals surface area (Å²) in [4.78, 5) is 0. The van der Waals surface area contributed by atoms with Gasteiger partial charge in [-0.25, -0.2) is 8.78 Å². The van der Waals surface area contributed by atoms with E-state index in [-0.39, 0.29) is 24.2 Å². The maximum absolute atomic E-state index is 14.9. The molecule has 1 aliphatic carbocycles. The number of aliphatic hydroxyl groups excluding tert-OH is 1. The van der Waals surface area contributed by atoms with E-state index in [0.717, 1.165) is 30.9 Å². The molecule has 3 atom stereocenters. The van der Waals surface area contributed by atoms with Crippen LogP contribution in [-0.2, 0) is 11.8 Å². The van der Waals surface area contributed by atoms with E-state index < -0.39 is 17.0 Å². The zero-order valence-corrected chi connectivity index (χ0v) is 15.1. The molecule has 1 fully saturated rings. The standard InChI is InChI=1S/C21H21ClF2O2/c22-15-5-3-13(4-6-15)10-21-9-1-2-14(11-25)16(21)12-26-20-18(24)8-7-17(23)19(20)21/h3-8,14,16,25H,1-2,9-12H2/t14-,16-,21-/m1/s1. The van der Waals surface area contributed by atoms with Crippen molar-refractivity contribution in [1.29, 1.82) is 0 Å². The molecule has 0 amide bonds. The average Bonchev–Trinajstić information content (AvgIpc) is 2.65. The lowest BCUT2D eigenvalue weighted by atomic mass is 9.55. The third-order valence-corrected chi connectivity index (χ3v) is 6.36. The molecule has 26 heavy (non-hydrogen) atoms. The summed E-state index contributed by atoms with van der Waals surface area (Å²) in [6.45, 7) is 0.328. The monoisotopic (exact) mass is 378 g/mol. The van der Waals surface area contributed by atoms with Gasteiger partial charge in [-0.2, -0.15) is 0 Å². The van der Waals surface area contributed by atoms with Crippen molar-refractivity contribution in [1.82, 2.24) is 0 Å². The molecule has 4 rings (SSSR count). The van der Waals surface area contributed by atoms with Gasteiger partial charge in [0.2, 0.25) is 0 Å². The Kier molecular flexibility index (Phi) is 4.66. The van der Waals surface area contributed by atoms with E-state index in [0.29, 0.717) is 23.6 Å². The van der Waals surface area contributed by atoms with Crippen molar-refractivity contribution >= 4 is 11.6 Å². The van der Waals surface area contributed by atoms with E-state index in [1.54, 1.807) is 0 Å². The van der Waals surface area contributed by atoms with E-state index in [1.165, 1.54) is 6.07 Å². The number of benzene rings is 2. The Hall–Kier alpha value is -1.65. The molecule has 1 heterocycles. The smallest absolute Gasteiger partial charge is 0.165 e. The lowest BCUT2D eigenvalue weighted by Gasteiger charge is -2.51. The number of rotatable bonds is 3. The maximum Gasteiger partial charge on any atom is 0.165 e. The minimum atomic E-state index is -0.584. The fourth-order valence-electron chi connectivity index (χ4n) is 4.93. The normalized spacial score (nSPS) is 27.4. The fraction of sp³-hybridized carbons (Fsp3) is 0.429. The van der Waals surface area contributed by atoms with Crippen molar-refractivity contribution in [2.75, 3.05) is 13.2 Å². The van der Waals surface area contributed by atoms with Gasteiger partial charge in [0.05, 0.1) is 6.61 Å². The number of hydrogen-bond acceptors (Lipinski definition) is 2. The second-order valence-corrected chi connectivity index (χ2v) is 7.88. The number of fused-ring (bicyclic) bond motifs is 3. The van der Waals surface area contributed by atoms with Gasteiger partial charge in [-0.3, -0.25) is 0 Å². The molecule has 2 aliphatic rings. The van der Waals surface area contributed by atoms with E-state index in [4.69, 9.17) is 16.3 Å². The minimum absolute atomic E-state index is 0.0202. The molecule has 2 nitrogen and oxygen atoms in total. The highest BCUT2D eigenvalue weighted by molar-refractivity contribution is 6.30. The lowest BCUT2D eigenvalue weighted by Crippen LogP contribution is -2.51. The van der Waals surface area contributed by atoms with Crippen molar-refractivity contribution in [3.63, 3.8) is 0 Å². The summed E-state index contributed by atoms with van der Waals surface area (Å²) in [6, 6.07) is 9.81. The number of hydrogen-bond donors (Lipinski definition) is 1. The Morgan fingerprint density at radius 1 is 1.12 bits per heavy atom. The van der Waals surface area contributed by atoms with Crippen LogP contribution in [0.25, 0.3) is 0 Å². The predicted octanol–water partition coefficient (Wildman–Crippen LogP) is 4.90. The Balaban J connectivity index is 1.88. The van der Waals surface area contributed by atoms with Gasteiger partial charge >= 0.3 is 0 Å². The lowest BCUT2D eigenvalue weighted by molar-refractivity contribution is 0.00840. The molecule has 2 aromatic rings. The van der Waals surface area contributed by atoms with Crippen LogP contribution in [0, 0.1) is 23.5 Å². The molecule has 0 bridgehead atoms. The Morgan fingerprint density at radius 2 is 1.85 bits per heavy atom. The van der Waals surface area contributed by atoms with E-state index in [9.17, 15) is 13.9 Å². The van der Waals surface area contributed by atoms with Crippen molar-refractivity contribution in [2.45, 2.75) is 31.1 Å². The molecule has 5 heteroatoms. The van der Waals surface area contributed by atoms with Crippen LogP contribution in [-0.4, -0.2) is 18.3 Å². The maximum atomic E-state index is 14.9. The second-order valence-electron chi connectivity index (χ2n) is 7.45. The van der Waals surface area contributed by atoms with Crippen LogP contribution in [0.15, 0.2) is 36.4 Å². The molecular weight excluding hydrogens is 358 g/mol. The van der Waals surface area contributed by atoms with Gasteiger partial charge in [-0.05, 0) is 55.0 Å². The van der Waals surface area contributed by atoms with Crippen molar-refractivity contribution in [3.8, 4) is 5.75 Å². The summed E-state index contributed by atoms with van der Waals surface area (Å²) < 4.78 is 35.0.